The third kappa shape index (κ3) is 4.10. The van der Waals surface area contributed by atoms with Crippen molar-refractivity contribution in [1.82, 2.24) is 5.32 Å². The minimum absolute atomic E-state index is 0.365. The smallest absolute Gasteiger partial charge is 0.0717 e. The number of hydrogen-bond acceptors (Lipinski definition) is 2. The van der Waals surface area contributed by atoms with Crippen LogP contribution in [0, 0.1) is 5.92 Å². The van der Waals surface area contributed by atoms with E-state index in [1.807, 2.05) is 0 Å². The number of rotatable bonds is 4. The fourth-order valence-electron chi connectivity index (χ4n) is 2.02. The summed E-state index contributed by atoms with van der Waals surface area (Å²) in [5, 5.41) is 3.52. The van der Waals surface area contributed by atoms with Gasteiger partial charge in [0.2, 0.25) is 0 Å². The number of hydrogen-bond donors (Lipinski definition) is 1. The van der Waals surface area contributed by atoms with Gasteiger partial charge in [-0.15, -0.1) is 0 Å². The first-order valence-corrected chi connectivity index (χ1v) is 5.46. The summed E-state index contributed by atoms with van der Waals surface area (Å²) < 4.78 is 5.76. The lowest BCUT2D eigenvalue weighted by Gasteiger charge is -2.15. The molecule has 0 aliphatic carbocycles. The van der Waals surface area contributed by atoms with Crippen LogP contribution in [-0.2, 0) is 4.74 Å². The predicted molar refractivity (Wildman–Crippen MR) is 55.9 cm³/mol. The molecule has 2 nitrogen and oxygen atoms in total. The molecule has 78 valence electrons. The van der Waals surface area contributed by atoms with Crippen molar-refractivity contribution in [3.63, 3.8) is 0 Å². The Morgan fingerprint density at radius 2 is 2.00 bits per heavy atom. The molecule has 1 fully saturated rings. The first-order chi connectivity index (χ1) is 6.08. The number of nitrogens with one attached hydrogen (secondary N) is 1. The Morgan fingerprint density at radius 1 is 1.31 bits per heavy atom. The highest BCUT2D eigenvalue weighted by Gasteiger charge is 2.25. The Labute approximate surface area is 82.0 Å². The van der Waals surface area contributed by atoms with E-state index in [0.29, 0.717) is 18.2 Å². The summed E-state index contributed by atoms with van der Waals surface area (Å²) in [7, 11) is 0. The van der Waals surface area contributed by atoms with Gasteiger partial charge in [0.15, 0.2) is 0 Å². The van der Waals surface area contributed by atoms with E-state index in [9.17, 15) is 0 Å². The number of ether oxygens (including phenoxy) is 1. The second kappa shape index (κ2) is 4.97. The maximum Gasteiger partial charge on any atom is 0.0717 e. The van der Waals surface area contributed by atoms with Gasteiger partial charge < -0.3 is 10.1 Å². The molecule has 0 amide bonds. The van der Waals surface area contributed by atoms with Gasteiger partial charge in [0.05, 0.1) is 12.2 Å². The molecule has 0 aromatic rings. The van der Waals surface area contributed by atoms with Crippen molar-refractivity contribution in [2.75, 3.05) is 6.54 Å². The summed E-state index contributed by atoms with van der Waals surface area (Å²) in [5.41, 5.74) is 0. The lowest BCUT2D eigenvalue weighted by Crippen LogP contribution is -2.23. The molecule has 0 bridgehead atoms. The van der Waals surface area contributed by atoms with Crippen molar-refractivity contribution in [2.24, 2.45) is 5.92 Å². The summed E-state index contributed by atoms with van der Waals surface area (Å²) in [6.07, 6.45) is 3.28. The van der Waals surface area contributed by atoms with Crippen LogP contribution in [0.3, 0.4) is 0 Å². The monoisotopic (exact) mass is 185 g/mol. The van der Waals surface area contributed by atoms with Gasteiger partial charge >= 0.3 is 0 Å². The van der Waals surface area contributed by atoms with Gasteiger partial charge in [0.1, 0.15) is 0 Å². The van der Waals surface area contributed by atoms with Crippen LogP contribution in [0.25, 0.3) is 0 Å². The van der Waals surface area contributed by atoms with Crippen LogP contribution in [0.15, 0.2) is 0 Å². The van der Waals surface area contributed by atoms with Crippen LogP contribution in [0.2, 0.25) is 0 Å². The molecule has 1 rings (SSSR count). The van der Waals surface area contributed by atoms with Gasteiger partial charge in [-0.2, -0.15) is 0 Å². The Hall–Kier alpha value is -0.0800. The zero-order valence-corrected chi connectivity index (χ0v) is 9.34. The lowest BCUT2D eigenvalue weighted by atomic mass is 10.0. The molecule has 0 spiro atoms. The van der Waals surface area contributed by atoms with E-state index < -0.39 is 0 Å². The van der Waals surface area contributed by atoms with Crippen LogP contribution >= 0.6 is 0 Å². The molecule has 1 N–H and O–H groups in total. The fraction of sp³-hybridized carbons (Fsp3) is 1.00. The van der Waals surface area contributed by atoms with Gasteiger partial charge in [-0.1, -0.05) is 13.8 Å². The summed E-state index contributed by atoms with van der Waals surface area (Å²) in [4.78, 5) is 0. The maximum absolute atomic E-state index is 5.76. The molecule has 0 saturated carbocycles. The van der Waals surface area contributed by atoms with Crippen molar-refractivity contribution in [1.29, 1.82) is 0 Å². The van der Waals surface area contributed by atoms with Crippen LogP contribution in [-0.4, -0.2) is 24.8 Å². The van der Waals surface area contributed by atoms with E-state index >= 15 is 0 Å². The lowest BCUT2D eigenvalue weighted by molar-refractivity contribution is 0.0184. The van der Waals surface area contributed by atoms with Crippen LogP contribution in [0.1, 0.15) is 40.5 Å². The third-order valence-electron chi connectivity index (χ3n) is 2.40. The van der Waals surface area contributed by atoms with Crippen LogP contribution in [0.5, 0.6) is 0 Å². The zero-order valence-electron chi connectivity index (χ0n) is 9.34. The van der Waals surface area contributed by atoms with Gasteiger partial charge in [-0.05, 0) is 32.6 Å². The molecule has 0 unspecified atom stereocenters. The standard InChI is InChI=1S/C11H23NO/c1-8(2)5-10-6-11(7-12-10)13-9(3)4/h8-12H,5-7H2,1-4H3/t10-,11-/m1/s1. The topological polar surface area (TPSA) is 21.3 Å². The molecular weight excluding hydrogens is 162 g/mol. The predicted octanol–water partition coefficient (Wildman–Crippen LogP) is 2.19. The second-order valence-electron chi connectivity index (χ2n) is 4.78. The average molecular weight is 185 g/mol. The highest BCUT2D eigenvalue weighted by atomic mass is 16.5. The first kappa shape index (κ1) is 11.0. The Kier molecular flexibility index (Phi) is 4.20. The minimum Gasteiger partial charge on any atom is -0.374 e. The van der Waals surface area contributed by atoms with E-state index in [0.717, 1.165) is 12.5 Å². The van der Waals surface area contributed by atoms with Crippen molar-refractivity contribution in [2.45, 2.75) is 58.8 Å². The normalized spacial score (nSPS) is 29.1. The van der Waals surface area contributed by atoms with Gasteiger partial charge in [0, 0.05) is 12.6 Å². The molecular formula is C11H23NO. The highest BCUT2D eigenvalue weighted by molar-refractivity contribution is 4.83. The van der Waals surface area contributed by atoms with E-state index in [1.165, 1.54) is 12.8 Å². The van der Waals surface area contributed by atoms with Crippen LogP contribution < -0.4 is 5.32 Å². The molecule has 1 saturated heterocycles. The van der Waals surface area contributed by atoms with E-state index in [2.05, 4.69) is 33.0 Å². The first-order valence-electron chi connectivity index (χ1n) is 5.46. The Bertz CT molecular complexity index is 129. The van der Waals surface area contributed by atoms with E-state index in [4.69, 9.17) is 4.74 Å². The highest BCUT2D eigenvalue weighted by Crippen LogP contribution is 2.17. The Morgan fingerprint density at radius 3 is 2.54 bits per heavy atom. The van der Waals surface area contributed by atoms with E-state index in [1.54, 1.807) is 0 Å². The molecule has 2 heteroatoms. The largest absolute Gasteiger partial charge is 0.374 e. The minimum atomic E-state index is 0.365. The molecule has 1 aliphatic rings. The molecule has 2 atom stereocenters. The fourth-order valence-corrected chi connectivity index (χ4v) is 2.02. The van der Waals surface area contributed by atoms with Gasteiger partial charge in [-0.25, -0.2) is 0 Å². The van der Waals surface area contributed by atoms with Gasteiger partial charge in [0.25, 0.3) is 0 Å². The second-order valence-corrected chi connectivity index (χ2v) is 4.78. The average Bonchev–Trinajstić information content (AvgIpc) is 2.33. The zero-order chi connectivity index (χ0) is 9.84. The van der Waals surface area contributed by atoms with Crippen molar-refractivity contribution in [3.8, 4) is 0 Å². The van der Waals surface area contributed by atoms with Crippen molar-refractivity contribution >= 4 is 0 Å². The Balaban J connectivity index is 2.20. The van der Waals surface area contributed by atoms with E-state index in [-0.39, 0.29) is 0 Å². The molecule has 1 aliphatic heterocycles. The summed E-state index contributed by atoms with van der Waals surface area (Å²) in [6.45, 7) is 9.80. The van der Waals surface area contributed by atoms with Crippen molar-refractivity contribution < 1.29 is 4.74 Å². The third-order valence-corrected chi connectivity index (χ3v) is 2.40. The summed E-state index contributed by atoms with van der Waals surface area (Å²) in [5.74, 6) is 0.787. The van der Waals surface area contributed by atoms with Crippen molar-refractivity contribution in [3.05, 3.63) is 0 Å². The molecule has 1 heterocycles. The SMILES string of the molecule is CC(C)C[C@@H]1C[C@@H](OC(C)C)CN1. The molecule has 0 aromatic carbocycles. The summed E-state index contributed by atoms with van der Waals surface area (Å²) in [6, 6.07) is 0.684. The summed E-state index contributed by atoms with van der Waals surface area (Å²) >= 11 is 0. The maximum atomic E-state index is 5.76. The molecule has 0 radical (unpaired) electrons. The molecule has 13 heavy (non-hydrogen) atoms. The van der Waals surface area contributed by atoms with Crippen LogP contribution in [0.4, 0.5) is 0 Å². The quantitative estimate of drug-likeness (QED) is 0.725. The molecule has 0 aromatic heterocycles. The van der Waals surface area contributed by atoms with Gasteiger partial charge in [-0.3, -0.25) is 0 Å².